The Morgan fingerprint density at radius 1 is 1.08 bits per heavy atom. The second kappa shape index (κ2) is 6.61. The van der Waals surface area contributed by atoms with Crippen LogP contribution in [0, 0.1) is 0 Å². The van der Waals surface area contributed by atoms with Crippen molar-refractivity contribution in [1.82, 2.24) is 0 Å². The zero-order chi connectivity index (χ0) is 17.3. The fourth-order valence-corrected chi connectivity index (χ4v) is 4.64. The highest BCUT2D eigenvalue weighted by Gasteiger charge is 2.24. The minimum Gasteiger partial charge on any atom is -0.490 e. The van der Waals surface area contributed by atoms with Gasteiger partial charge in [-0.25, -0.2) is 0 Å². The van der Waals surface area contributed by atoms with Crippen LogP contribution in [-0.2, 0) is 10.0 Å². The van der Waals surface area contributed by atoms with Crippen LogP contribution in [0.25, 0.3) is 0 Å². The van der Waals surface area contributed by atoms with E-state index in [4.69, 9.17) is 9.47 Å². The van der Waals surface area contributed by atoms with Crippen molar-refractivity contribution in [3.63, 3.8) is 0 Å². The molecule has 1 N–H and O–H groups in total. The normalized spacial score (nSPS) is 17.7. The van der Waals surface area contributed by atoms with Crippen LogP contribution in [0.15, 0.2) is 56.7 Å². The summed E-state index contributed by atoms with van der Waals surface area (Å²) in [6.07, 6.45) is 0.856. The van der Waals surface area contributed by atoms with Crippen molar-refractivity contribution in [2.75, 3.05) is 24.3 Å². The fraction of sp³-hybridized carbons (Fsp3) is 0.235. The van der Waals surface area contributed by atoms with Gasteiger partial charge < -0.3 is 14.8 Å². The Morgan fingerprint density at radius 2 is 1.88 bits per heavy atom. The molecule has 0 fully saturated rings. The number of benzene rings is 2. The van der Waals surface area contributed by atoms with E-state index in [0.29, 0.717) is 30.5 Å². The van der Waals surface area contributed by atoms with E-state index in [2.05, 4.69) is 9.71 Å². The number of rotatable bonds is 3. The molecule has 0 bridgehead atoms. The van der Waals surface area contributed by atoms with Gasteiger partial charge >= 0.3 is 0 Å². The number of nitrogens with one attached hydrogen (secondary N) is 1. The molecule has 2 aliphatic heterocycles. The van der Waals surface area contributed by atoms with Gasteiger partial charge in [-0.3, -0.25) is 0 Å². The monoisotopic (exact) mass is 376 g/mol. The number of para-hydroxylation sites is 1. The number of amidine groups is 1. The number of anilines is 1. The zero-order valence-electron chi connectivity index (χ0n) is 13.3. The summed E-state index contributed by atoms with van der Waals surface area (Å²) < 4.78 is 39.7. The largest absolute Gasteiger partial charge is 0.490 e. The number of sulfonamides is 1. The lowest BCUT2D eigenvalue weighted by Crippen LogP contribution is -2.23. The van der Waals surface area contributed by atoms with Gasteiger partial charge in [-0.2, -0.15) is 8.42 Å². The Labute approximate surface area is 150 Å². The SMILES string of the molecule is O=S1(=O)N=C(CSc2ccc3c(c2)OCCCO3)Nc2ccccc21. The van der Waals surface area contributed by atoms with Gasteiger partial charge in [0.05, 0.1) is 24.7 Å². The minimum atomic E-state index is -3.65. The Morgan fingerprint density at radius 3 is 2.76 bits per heavy atom. The van der Waals surface area contributed by atoms with Crippen LogP contribution in [0.4, 0.5) is 5.69 Å². The van der Waals surface area contributed by atoms with E-state index in [-0.39, 0.29) is 4.90 Å². The van der Waals surface area contributed by atoms with Crippen molar-refractivity contribution >= 4 is 33.3 Å². The molecule has 8 heteroatoms. The lowest BCUT2D eigenvalue weighted by Gasteiger charge is -2.17. The van der Waals surface area contributed by atoms with Crippen LogP contribution >= 0.6 is 11.8 Å². The molecule has 0 atom stereocenters. The van der Waals surface area contributed by atoms with Crippen LogP contribution in [0.2, 0.25) is 0 Å². The second-order valence-corrected chi connectivity index (χ2v) is 8.20. The van der Waals surface area contributed by atoms with Gasteiger partial charge in [-0.15, -0.1) is 16.2 Å². The molecule has 0 spiro atoms. The maximum atomic E-state index is 12.3. The first-order chi connectivity index (χ1) is 12.1. The molecule has 130 valence electrons. The number of hydrogen-bond acceptors (Lipinski definition) is 6. The van der Waals surface area contributed by atoms with Crippen LogP contribution in [-0.4, -0.2) is 33.2 Å². The van der Waals surface area contributed by atoms with Gasteiger partial charge in [-0.1, -0.05) is 12.1 Å². The first-order valence-corrected chi connectivity index (χ1v) is 10.3. The third kappa shape index (κ3) is 3.45. The molecule has 4 rings (SSSR count). The van der Waals surface area contributed by atoms with Gasteiger partial charge in [0, 0.05) is 11.3 Å². The number of hydrogen-bond donors (Lipinski definition) is 1. The summed E-state index contributed by atoms with van der Waals surface area (Å²) in [5, 5.41) is 3.09. The molecule has 2 heterocycles. The molecule has 0 radical (unpaired) electrons. The summed E-state index contributed by atoms with van der Waals surface area (Å²) in [5.74, 6) is 2.29. The molecule has 2 aliphatic rings. The summed E-state index contributed by atoms with van der Waals surface area (Å²) in [4.78, 5) is 1.17. The Bertz CT molecular complexity index is 941. The summed E-state index contributed by atoms with van der Waals surface area (Å²) in [7, 11) is -3.65. The molecule has 0 aromatic heterocycles. The molecule has 2 aromatic carbocycles. The lowest BCUT2D eigenvalue weighted by atomic mass is 10.3. The summed E-state index contributed by atoms with van der Waals surface area (Å²) in [5.41, 5.74) is 0.562. The van der Waals surface area contributed by atoms with Crippen LogP contribution in [0.5, 0.6) is 11.5 Å². The molecular weight excluding hydrogens is 360 g/mol. The fourth-order valence-electron chi connectivity index (χ4n) is 2.61. The highest BCUT2D eigenvalue weighted by atomic mass is 32.2. The Hall–Kier alpha value is -2.19. The number of thioether (sulfide) groups is 1. The molecule has 25 heavy (non-hydrogen) atoms. The molecular formula is C17H16N2O4S2. The Balaban J connectivity index is 1.51. The molecule has 0 aliphatic carbocycles. The van der Waals surface area contributed by atoms with Crippen LogP contribution in [0.1, 0.15) is 6.42 Å². The van der Waals surface area contributed by atoms with E-state index in [1.54, 1.807) is 24.3 Å². The maximum absolute atomic E-state index is 12.3. The van der Waals surface area contributed by atoms with E-state index in [1.165, 1.54) is 11.8 Å². The van der Waals surface area contributed by atoms with E-state index in [0.717, 1.165) is 22.8 Å². The third-order valence-corrected chi connectivity index (χ3v) is 6.15. The predicted octanol–water partition coefficient (Wildman–Crippen LogP) is 3.15. The van der Waals surface area contributed by atoms with Crippen molar-refractivity contribution in [2.45, 2.75) is 16.2 Å². The molecule has 6 nitrogen and oxygen atoms in total. The Kier molecular flexibility index (Phi) is 4.30. The highest BCUT2D eigenvalue weighted by Crippen LogP contribution is 2.34. The van der Waals surface area contributed by atoms with Crippen molar-refractivity contribution in [2.24, 2.45) is 4.40 Å². The third-order valence-electron chi connectivity index (χ3n) is 3.77. The zero-order valence-corrected chi connectivity index (χ0v) is 14.9. The average molecular weight is 376 g/mol. The van der Waals surface area contributed by atoms with Gasteiger partial charge in [0.1, 0.15) is 10.7 Å². The molecule has 0 saturated heterocycles. The summed E-state index contributed by atoms with van der Waals surface area (Å²) in [6.45, 7) is 1.28. The quantitative estimate of drug-likeness (QED) is 0.830. The predicted molar refractivity (Wildman–Crippen MR) is 97.5 cm³/mol. The number of fused-ring (bicyclic) bond motifs is 2. The van der Waals surface area contributed by atoms with Crippen LogP contribution < -0.4 is 14.8 Å². The molecule has 0 amide bonds. The van der Waals surface area contributed by atoms with E-state index in [1.807, 2.05) is 18.2 Å². The highest BCUT2D eigenvalue weighted by molar-refractivity contribution is 8.00. The first-order valence-electron chi connectivity index (χ1n) is 7.84. The van der Waals surface area contributed by atoms with Crippen molar-refractivity contribution in [3.05, 3.63) is 42.5 Å². The van der Waals surface area contributed by atoms with Gasteiger partial charge in [0.2, 0.25) is 0 Å². The van der Waals surface area contributed by atoms with Crippen LogP contribution in [0.3, 0.4) is 0 Å². The van der Waals surface area contributed by atoms with E-state index < -0.39 is 10.0 Å². The minimum absolute atomic E-state index is 0.208. The standard InChI is InChI=1S/C17H16N2O4S2/c20-25(21)16-5-2-1-4-13(16)18-17(19-25)11-24-12-6-7-14-15(10-12)23-9-3-8-22-14/h1-2,4-7,10H,3,8-9,11H2,(H,18,19). The summed E-state index contributed by atoms with van der Waals surface area (Å²) >= 11 is 1.49. The van der Waals surface area contributed by atoms with Crippen molar-refractivity contribution in [1.29, 1.82) is 0 Å². The smallest absolute Gasteiger partial charge is 0.286 e. The first kappa shape index (κ1) is 16.3. The number of ether oxygens (including phenoxy) is 2. The topological polar surface area (TPSA) is 77.0 Å². The van der Waals surface area contributed by atoms with Gasteiger partial charge in [-0.05, 0) is 30.3 Å². The summed E-state index contributed by atoms with van der Waals surface area (Å²) in [6, 6.07) is 12.5. The molecule has 2 aromatic rings. The maximum Gasteiger partial charge on any atom is 0.286 e. The van der Waals surface area contributed by atoms with Gasteiger partial charge in [0.25, 0.3) is 10.0 Å². The average Bonchev–Trinajstić information content (AvgIpc) is 2.84. The van der Waals surface area contributed by atoms with E-state index in [9.17, 15) is 8.42 Å². The van der Waals surface area contributed by atoms with Crippen molar-refractivity contribution < 1.29 is 17.9 Å². The molecule has 0 saturated carbocycles. The lowest BCUT2D eigenvalue weighted by molar-refractivity contribution is 0.297. The van der Waals surface area contributed by atoms with Gasteiger partial charge in [0.15, 0.2) is 11.5 Å². The second-order valence-electron chi connectivity index (χ2n) is 5.58. The van der Waals surface area contributed by atoms with E-state index >= 15 is 0 Å². The molecule has 0 unspecified atom stereocenters. The number of nitrogens with zero attached hydrogens (tertiary/aromatic N) is 1. The van der Waals surface area contributed by atoms with Crippen molar-refractivity contribution in [3.8, 4) is 11.5 Å².